The number of rotatable bonds is 4. The number of Topliss-reactive ketones (excluding diaryl/α,β-unsaturated/α-hetero) is 1. The van der Waals surface area contributed by atoms with Crippen molar-refractivity contribution >= 4 is 29.0 Å². The fourth-order valence-corrected chi connectivity index (χ4v) is 2.56. The van der Waals surface area contributed by atoms with Crippen molar-refractivity contribution < 1.29 is 19.1 Å². The molecule has 1 atom stereocenters. The third kappa shape index (κ3) is 4.19. The van der Waals surface area contributed by atoms with Crippen molar-refractivity contribution in [2.75, 3.05) is 5.32 Å². The summed E-state index contributed by atoms with van der Waals surface area (Å²) in [6.07, 6.45) is 0.103. The number of hydrogen-bond donors (Lipinski definition) is 2. The molecular formula is C19H16ClFN2O3. The quantitative estimate of drug-likeness (QED) is 0.614. The molecule has 0 bridgehead atoms. The van der Waals surface area contributed by atoms with Crippen molar-refractivity contribution in [3.63, 3.8) is 0 Å². The molecule has 0 aliphatic heterocycles. The third-order valence-electron chi connectivity index (χ3n) is 3.73. The molecule has 5 nitrogen and oxygen atoms in total. The number of ketones is 1. The summed E-state index contributed by atoms with van der Waals surface area (Å²) >= 11 is 5.84. The summed E-state index contributed by atoms with van der Waals surface area (Å²) in [7, 11) is 0. The van der Waals surface area contributed by atoms with Crippen LogP contribution in [0.4, 0.5) is 10.1 Å². The molecule has 0 saturated heterocycles. The predicted molar refractivity (Wildman–Crippen MR) is 96.3 cm³/mol. The second-order valence-corrected chi connectivity index (χ2v) is 6.39. The number of carbonyl (C=O) groups is 2. The molecule has 2 N–H and O–H groups in total. The number of allylic oxidation sites excluding steroid dienone is 5. The normalized spacial score (nSPS) is 17.8. The van der Waals surface area contributed by atoms with Gasteiger partial charge in [-0.1, -0.05) is 31.5 Å². The maximum atomic E-state index is 14.1. The fraction of sp³-hybridized carbons (Fsp3) is 0.211. The lowest BCUT2D eigenvalue weighted by Crippen LogP contribution is -2.26. The van der Waals surface area contributed by atoms with Crippen molar-refractivity contribution in [3.8, 4) is 6.07 Å². The van der Waals surface area contributed by atoms with E-state index in [0.29, 0.717) is 10.7 Å². The van der Waals surface area contributed by atoms with Crippen LogP contribution >= 0.6 is 11.6 Å². The molecule has 1 aromatic rings. The number of hydrogen-bond acceptors (Lipinski definition) is 4. The van der Waals surface area contributed by atoms with E-state index in [9.17, 15) is 24.3 Å². The van der Waals surface area contributed by atoms with Gasteiger partial charge in [0.05, 0.1) is 0 Å². The van der Waals surface area contributed by atoms with Crippen LogP contribution in [0.5, 0.6) is 0 Å². The Labute approximate surface area is 155 Å². The Morgan fingerprint density at radius 1 is 1.46 bits per heavy atom. The first kappa shape index (κ1) is 19.4. The van der Waals surface area contributed by atoms with E-state index >= 15 is 0 Å². The lowest BCUT2D eigenvalue weighted by molar-refractivity contribution is -0.119. The first-order chi connectivity index (χ1) is 12.2. The lowest BCUT2D eigenvalue weighted by Gasteiger charge is -2.19. The highest BCUT2D eigenvalue weighted by Crippen LogP contribution is 2.28. The molecule has 0 saturated carbocycles. The van der Waals surface area contributed by atoms with Gasteiger partial charge >= 0.3 is 0 Å². The van der Waals surface area contributed by atoms with Crippen molar-refractivity contribution in [2.24, 2.45) is 5.92 Å². The standard InChI is InChI=1S/C19H16ClFN2O3/c1-10(2)15-7-11(17(24)16(21)18(15)25)6-12(9-22)19(26)23-14-5-3-4-13(20)8-14/h3-8,10,16,25H,1-2H3,(H,23,26). The van der Waals surface area contributed by atoms with Crippen molar-refractivity contribution in [2.45, 2.75) is 20.0 Å². The highest BCUT2D eigenvalue weighted by atomic mass is 35.5. The molecule has 1 aromatic carbocycles. The number of nitriles is 1. The van der Waals surface area contributed by atoms with E-state index in [1.165, 1.54) is 12.1 Å². The second kappa shape index (κ2) is 7.98. The van der Waals surface area contributed by atoms with E-state index in [0.717, 1.165) is 6.08 Å². The monoisotopic (exact) mass is 374 g/mol. The minimum atomic E-state index is -2.21. The maximum absolute atomic E-state index is 14.1. The average Bonchev–Trinajstić information content (AvgIpc) is 2.58. The molecule has 134 valence electrons. The fourth-order valence-electron chi connectivity index (χ4n) is 2.37. The van der Waals surface area contributed by atoms with Gasteiger partial charge in [-0.2, -0.15) is 5.26 Å². The number of alkyl halides is 1. The maximum Gasteiger partial charge on any atom is 0.266 e. The predicted octanol–water partition coefficient (Wildman–Crippen LogP) is 4.04. The molecule has 0 fully saturated rings. The zero-order valence-electron chi connectivity index (χ0n) is 14.1. The van der Waals surface area contributed by atoms with Gasteiger partial charge in [0.25, 0.3) is 5.91 Å². The number of nitrogens with one attached hydrogen (secondary N) is 1. The van der Waals surface area contributed by atoms with Crippen LogP contribution in [0.25, 0.3) is 0 Å². The van der Waals surface area contributed by atoms with Crippen LogP contribution in [0.15, 0.2) is 58.9 Å². The van der Waals surface area contributed by atoms with Gasteiger partial charge in [0.15, 0.2) is 0 Å². The van der Waals surface area contributed by atoms with Gasteiger partial charge in [-0.3, -0.25) is 9.59 Å². The minimum absolute atomic E-state index is 0.156. The highest BCUT2D eigenvalue weighted by Gasteiger charge is 2.32. The summed E-state index contributed by atoms with van der Waals surface area (Å²) in [5.74, 6) is -2.64. The van der Waals surface area contributed by atoms with Gasteiger partial charge < -0.3 is 10.4 Å². The number of halogens is 2. The lowest BCUT2D eigenvalue weighted by atomic mass is 9.88. The molecule has 0 radical (unpaired) electrons. The van der Waals surface area contributed by atoms with Crippen LogP contribution in [0.3, 0.4) is 0 Å². The van der Waals surface area contributed by atoms with Crippen molar-refractivity contribution in [3.05, 3.63) is 63.9 Å². The Kier molecular flexibility index (Phi) is 5.96. The molecule has 1 amide bonds. The first-order valence-corrected chi connectivity index (χ1v) is 8.14. The molecular weight excluding hydrogens is 359 g/mol. The molecule has 7 heteroatoms. The summed E-state index contributed by atoms with van der Waals surface area (Å²) in [5.41, 5.74) is 0.0883. The number of nitrogens with zero attached hydrogens (tertiary/aromatic N) is 1. The Morgan fingerprint density at radius 2 is 2.15 bits per heavy atom. The molecule has 0 heterocycles. The number of aliphatic hydroxyl groups is 1. The van der Waals surface area contributed by atoms with Crippen LogP contribution in [0, 0.1) is 17.2 Å². The van der Waals surface area contributed by atoms with Crippen LogP contribution in [0.2, 0.25) is 5.02 Å². The summed E-state index contributed by atoms with van der Waals surface area (Å²) < 4.78 is 14.1. The van der Waals surface area contributed by atoms with E-state index in [-0.39, 0.29) is 22.6 Å². The first-order valence-electron chi connectivity index (χ1n) is 7.76. The van der Waals surface area contributed by atoms with Crippen LogP contribution in [0.1, 0.15) is 13.8 Å². The smallest absolute Gasteiger partial charge is 0.266 e. The van der Waals surface area contributed by atoms with E-state index < -0.39 is 23.6 Å². The largest absolute Gasteiger partial charge is 0.508 e. The second-order valence-electron chi connectivity index (χ2n) is 5.96. The van der Waals surface area contributed by atoms with Gasteiger partial charge in [-0.25, -0.2) is 4.39 Å². The Balaban J connectivity index is 2.35. The zero-order valence-corrected chi connectivity index (χ0v) is 14.8. The van der Waals surface area contributed by atoms with Gasteiger partial charge in [0.2, 0.25) is 12.0 Å². The van der Waals surface area contributed by atoms with E-state index in [1.807, 2.05) is 0 Å². The number of aliphatic hydroxyl groups excluding tert-OH is 1. The zero-order chi connectivity index (χ0) is 19.4. The van der Waals surface area contributed by atoms with Gasteiger partial charge in [0.1, 0.15) is 17.4 Å². The minimum Gasteiger partial charge on any atom is -0.508 e. The number of amides is 1. The third-order valence-corrected chi connectivity index (χ3v) is 3.97. The Hall–Kier alpha value is -2.91. The van der Waals surface area contributed by atoms with Gasteiger partial charge in [0, 0.05) is 16.3 Å². The van der Waals surface area contributed by atoms with Crippen molar-refractivity contribution in [1.29, 1.82) is 5.26 Å². The molecule has 26 heavy (non-hydrogen) atoms. The molecule has 1 unspecified atom stereocenters. The molecule has 0 spiro atoms. The van der Waals surface area contributed by atoms with E-state index in [1.54, 1.807) is 38.1 Å². The van der Waals surface area contributed by atoms with E-state index in [2.05, 4.69) is 5.32 Å². The molecule has 1 aliphatic carbocycles. The SMILES string of the molecule is CC(C)C1=C(O)C(F)C(=O)C(C=C(C#N)C(=O)Nc2cccc(Cl)c2)=C1. The number of benzene rings is 1. The highest BCUT2D eigenvalue weighted by molar-refractivity contribution is 6.31. The number of carbonyl (C=O) groups excluding carboxylic acids is 2. The number of anilines is 1. The Bertz CT molecular complexity index is 894. The Morgan fingerprint density at radius 3 is 2.73 bits per heavy atom. The van der Waals surface area contributed by atoms with Crippen LogP contribution in [-0.4, -0.2) is 23.0 Å². The van der Waals surface area contributed by atoms with Crippen LogP contribution < -0.4 is 5.32 Å². The molecule has 2 rings (SSSR count). The summed E-state index contributed by atoms with van der Waals surface area (Å²) in [6.45, 7) is 3.45. The summed E-state index contributed by atoms with van der Waals surface area (Å²) in [6, 6.07) is 8.02. The summed E-state index contributed by atoms with van der Waals surface area (Å²) in [5, 5.41) is 21.9. The molecule has 1 aliphatic rings. The summed E-state index contributed by atoms with van der Waals surface area (Å²) in [4.78, 5) is 24.3. The van der Waals surface area contributed by atoms with Crippen LogP contribution in [-0.2, 0) is 9.59 Å². The topological polar surface area (TPSA) is 90.2 Å². The average molecular weight is 375 g/mol. The van der Waals surface area contributed by atoms with Crippen molar-refractivity contribution in [1.82, 2.24) is 0 Å². The van der Waals surface area contributed by atoms with Gasteiger partial charge in [-0.05, 0) is 41.8 Å². The molecule has 0 aromatic heterocycles. The van der Waals surface area contributed by atoms with Gasteiger partial charge in [-0.15, -0.1) is 0 Å². The van der Waals surface area contributed by atoms with E-state index in [4.69, 9.17) is 11.6 Å².